The summed E-state index contributed by atoms with van der Waals surface area (Å²) in [7, 11) is 1.34. The van der Waals surface area contributed by atoms with E-state index in [4.69, 9.17) is 10.5 Å². The molecule has 0 radical (unpaired) electrons. The zero-order valence-corrected chi connectivity index (χ0v) is 11.1. The Morgan fingerprint density at radius 3 is 2.37 bits per heavy atom. The van der Waals surface area contributed by atoms with Crippen molar-refractivity contribution in [1.29, 1.82) is 0 Å². The Balaban J connectivity index is 2.60. The first-order valence-corrected chi connectivity index (χ1v) is 6.30. The monoisotopic (exact) mass is 273 g/mol. The van der Waals surface area contributed by atoms with E-state index < -0.39 is 17.2 Å². The zero-order chi connectivity index (χ0) is 14.3. The van der Waals surface area contributed by atoms with Crippen molar-refractivity contribution in [2.75, 3.05) is 13.7 Å². The average Bonchev–Trinajstić information content (AvgIpc) is 2.26. The Labute approximate surface area is 110 Å². The van der Waals surface area contributed by atoms with Crippen molar-refractivity contribution in [3.63, 3.8) is 0 Å². The van der Waals surface area contributed by atoms with Crippen LogP contribution in [0.25, 0.3) is 0 Å². The molecule has 0 aliphatic heterocycles. The second-order valence-corrected chi connectivity index (χ2v) is 5.27. The van der Waals surface area contributed by atoms with Gasteiger partial charge >= 0.3 is 0 Å². The van der Waals surface area contributed by atoms with E-state index in [2.05, 4.69) is 0 Å². The molecule has 2 N–H and O–H groups in total. The summed E-state index contributed by atoms with van der Waals surface area (Å²) < 4.78 is 45.9. The van der Waals surface area contributed by atoms with Crippen molar-refractivity contribution >= 4 is 0 Å². The third-order valence-corrected chi connectivity index (χ3v) is 4.03. The lowest BCUT2D eigenvalue weighted by molar-refractivity contribution is 0.0168. The highest BCUT2D eigenvalue weighted by molar-refractivity contribution is 5.46. The first kappa shape index (κ1) is 14.2. The molecule has 1 aliphatic rings. The van der Waals surface area contributed by atoms with E-state index in [-0.39, 0.29) is 11.3 Å². The van der Waals surface area contributed by atoms with Gasteiger partial charge in [0.15, 0.2) is 11.6 Å². The minimum absolute atomic E-state index is 0.0400. The van der Waals surface area contributed by atoms with Gasteiger partial charge in [-0.3, -0.25) is 0 Å². The summed E-state index contributed by atoms with van der Waals surface area (Å²) in [6, 6.07) is 2.18. The van der Waals surface area contributed by atoms with Crippen LogP contribution in [0.4, 0.5) is 13.2 Å². The molecule has 19 heavy (non-hydrogen) atoms. The number of halogens is 3. The molecule has 2 nitrogen and oxygen atoms in total. The standard InChI is InChI=1S/C14H18F3NO/c1-13(16,17)9-6-10(12(19-2)11(15)7-9)14(8-18)4-3-5-14/h6-7H,3-5,8,18H2,1-2H3. The molecule has 0 unspecified atom stereocenters. The second-order valence-electron chi connectivity index (χ2n) is 5.27. The topological polar surface area (TPSA) is 35.2 Å². The molecule has 0 heterocycles. The third kappa shape index (κ3) is 2.31. The van der Waals surface area contributed by atoms with Crippen LogP contribution in [-0.2, 0) is 11.3 Å². The van der Waals surface area contributed by atoms with Crippen LogP contribution >= 0.6 is 0 Å². The Morgan fingerprint density at radius 2 is 2.00 bits per heavy atom. The molecule has 2 rings (SSSR count). The summed E-state index contributed by atoms with van der Waals surface area (Å²) in [5.74, 6) is -3.80. The number of hydrogen-bond acceptors (Lipinski definition) is 2. The van der Waals surface area contributed by atoms with Gasteiger partial charge < -0.3 is 10.5 Å². The number of nitrogens with two attached hydrogens (primary N) is 1. The molecule has 1 saturated carbocycles. The first-order valence-electron chi connectivity index (χ1n) is 6.30. The van der Waals surface area contributed by atoms with Gasteiger partial charge in [0.1, 0.15) is 0 Å². The fourth-order valence-electron chi connectivity index (χ4n) is 2.64. The molecule has 0 saturated heterocycles. The van der Waals surface area contributed by atoms with Crippen LogP contribution in [0.3, 0.4) is 0 Å². The molecule has 0 atom stereocenters. The fourth-order valence-corrected chi connectivity index (χ4v) is 2.64. The number of methoxy groups -OCH3 is 1. The smallest absolute Gasteiger partial charge is 0.270 e. The SMILES string of the molecule is COc1c(F)cc(C(C)(F)F)cc1C1(CN)CCC1. The van der Waals surface area contributed by atoms with Gasteiger partial charge in [-0.25, -0.2) is 13.2 Å². The van der Waals surface area contributed by atoms with Crippen LogP contribution in [-0.4, -0.2) is 13.7 Å². The highest BCUT2D eigenvalue weighted by Crippen LogP contribution is 2.48. The average molecular weight is 273 g/mol. The van der Waals surface area contributed by atoms with Crippen LogP contribution in [0.1, 0.15) is 37.3 Å². The highest BCUT2D eigenvalue weighted by Gasteiger charge is 2.41. The predicted molar refractivity (Wildman–Crippen MR) is 67.1 cm³/mol. The van der Waals surface area contributed by atoms with Gasteiger partial charge in [0.05, 0.1) is 7.11 Å². The largest absolute Gasteiger partial charge is 0.493 e. The maximum absolute atomic E-state index is 14.0. The van der Waals surface area contributed by atoms with Crippen molar-refractivity contribution in [2.24, 2.45) is 5.73 Å². The lowest BCUT2D eigenvalue weighted by Gasteiger charge is -2.42. The van der Waals surface area contributed by atoms with Crippen LogP contribution in [0, 0.1) is 5.82 Å². The summed E-state index contributed by atoms with van der Waals surface area (Å²) in [6.07, 6.45) is 2.52. The second kappa shape index (κ2) is 4.71. The summed E-state index contributed by atoms with van der Waals surface area (Å²) >= 11 is 0. The van der Waals surface area contributed by atoms with E-state index in [1.54, 1.807) is 0 Å². The van der Waals surface area contributed by atoms with E-state index in [0.29, 0.717) is 12.1 Å². The van der Waals surface area contributed by atoms with Crippen molar-refractivity contribution < 1.29 is 17.9 Å². The molecule has 0 bridgehead atoms. The molecule has 1 aromatic rings. The van der Waals surface area contributed by atoms with Gasteiger partial charge in [-0.05, 0) is 25.0 Å². The number of alkyl halides is 2. The van der Waals surface area contributed by atoms with Gasteiger partial charge in [0.25, 0.3) is 5.92 Å². The molecular formula is C14H18F3NO. The fraction of sp³-hybridized carbons (Fsp3) is 0.571. The third-order valence-electron chi connectivity index (χ3n) is 4.03. The zero-order valence-electron chi connectivity index (χ0n) is 11.1. The Morgan fingerprint density at radius 1 is 1.37 bits per heavy atom. The van der Waals surface area contributed by atoms with E-state index in [1.807, 2.05) is 0 Å². The van der Waals surface area contributed by atoms with Gasteiger partial charge in [0, 0.05) is 30.0 Å². The van der Waals surface area contributed by atoms with E-state index >= 15 is 0 Å². The minimum Gasteiger partial charge on any atom is -0.493 e. The predicted octanol–water partition coefficient (Wildman–Crippen LogP) is 3.33. The summed E-state index contributed by atoms with van der Waals surface area (Å²) in [5.41, 5.74) is 5.48. The highest BCUT2D eigenvalue weighted by atomic mass is 19.3. The maximum atomic E-state index is 14.0. The lowest BCUT2D eigenvalue weighted by Crippen LogP contribution is -2.42. The first-order chi connectivity index (χ1) is 8.84. The van der Waals surface area contributed by atoms with E-state index in [0.717, 1.165) is 32.3 Å². The molecule has 5 heteroatoms. The van der Waals surface area contributed by atoms with Gasteiger partial charge in [-0.15, -0.1) is 0 Å². The van der Waals surface area contributed by atoms with Crippen LogP contribution < -0.4 is 10.5 Å². The number of rotatable bonds is 4. The molecule has 1 fully saturated rings. The molecular weight excluding hydrogens is 255 g/mol. The number of hydrogen-bond donors (Lipinski definition) is 1. The number of ether oxygens (including phenoxy) is 1. The van der Waals surface area contributed by atoms with Crippen LogP contribution in [0.15, 0.2) is 12.1 Å². The van der Waals surface area contributed by atoms with E-state index in [1.165, 1.54) is 13.2 Å². The van der Waals surface area contributed by atoms with Crippen molar-refractivity contribution in [2.45, 2.75) is 37.5 Å². The van der Waals surface area contributed by atoms with Gasteiger partial charge in [-0.1, -0.05) is 6.42 Å². The van der Waals surface area contributed by atoms with Crippen LogP contribution in [0.5, 0.6) is 5.75 Å². The van der Waals surface area contributed by atoms with Crippen molar-refractivity contribution in [1.82, 2.24) is 0 Å². The molecule has 0 spiro atoms. The molecule has 106 valence electrons. The van der Waals surface area contributed by atoms with Gasteiger partial charge in [0.2, 0.25) is 0 Å². The number of benzene rings is 1. The maximum Gasteiger partial charge on any atom is 0.270 e. The van der Waals surface area contributed by atoms with Gasteiger partial charge in [-0.2, -0.15) is 0 Å². The molecule has 1 aliphatic carbocycles. The van der Waals surface area contributed by atoms with E-state index in [9.17, 15) is 13.2 Å². The Bertz CT molecular complexity index is 473. The molecule has 1 aromatic carbocycles. The molecule has 0 aromatic heterocycles. The normalized spacial score (nSPS) is 18.0. The van der Waals surface area contributed by atoms with Crippen molar-refractivity contribution in [3.05, 3.63) is 29.1 Å². The minimum atomic E-state index is -3.08. The molecule has 0 amide bonds. The summed E-state index contributed by atoms with van der Waals surface area (Å²) in [5, 5.41) is 0. The Kier molecular flexibility index (Phi) is 3.51. The van der Waals surface area contributed by atoms with Crippen molar-refractivity contribution in [3.8, 4) is 5.75 Å². The van der Waals surface area contributed by atoms with Crippen LogP contribution in [0.2, 0.25) is 0 Å². The Hall–Kier alpha value is -1.23. The lowest BCUT2D eigenvalue weighted by atomic mass is 9.64. The summed E-state index contributed by atoms with van der Waals surface area (Å²) in [4.78, 5) is 0. The summed E-state index contributed by atoms with van der Waals surface area (Å²) in [6.45, 7) is 1.06. The quantitative estimate of drug-likeness (QED) is 0.913.